The highest BCUT2D eigenvalue weighted by Crippen LogP contribution is 2.59. The fraction of sp³-hybridized carbons (Fsp3) is 0.323. The van der Waals surface area contributed by atoms with Gasteiger partial charge in [0.25, 0.3) is 5.91 Å². The van der Waals surface area contributed by atoms with Crippen molar-refractivity contribution in [3.05, 3.63) is 87.9 Å². The van der Waals surface area contributed by atoms with Crippen LogP contribution in [0, 0.1) is 0 Å². The summed E-state index contributed by atoms with van der Waals surface area (Å²) in [7, 11) is 0. The molecule has 6 rings (SSSR count). The zero-order valence-corrected chi connectivity index (χ0v) is 24.5. The van der Waals surface area contributed by atoms with Crippen LogP contribution in [0.2, 0.25) is 0 Å². The number of fused-ring (bicyclic) bond motifs is 6. The Morgan fingerprint density at radius 2 is 1.36 bits per heavy atom. The van der Waals surface area contributed by atoms with Crippen LogP contribution in [0.5, 0.6) is 11.5 Å². The highest BCUT2D eigenvalue weighted by Gasteiger charge is 2.58. The third-order valence-electron chi connectivity index (χ3n) is 8.12. The summed E-state index contributed by atoms with van der Waals surface area (Å²) in [5.74, 6) is 0.604. The number of nitrogens with zero attached hydrogens (tertiary/aromatic N) is 5. The van der Waals surface area contributed by atoms with Gasteiger partial charge in [-0.1, -0.05) is 41.7 Å². The maximum atomic E-state index is 14.2. The molecule has 2 aliphatic heterocycles. The normalized spacial score (nSPS) is 14.8. The van der Waals surface area contributed by atoms with Crippen molar-refractivity contribution in [2.75, 3.05) is 40.9 Å². The van der Waals surface area contributed by atoms with E-state index < -0.39 is 22.6 Å². The van der Waals surface area contributed by atoms with Crippen LogP contribution in [0.15, 0.2) is 60.7 Å². The van der Waals surface area contributed by atoms with Crippen molar-refractivity contribution in [1.82, 2.24) is 10.2 Å². The van der Waals surface area contributed by atoms with Gasteiger partial charge >= 0.3 is 6.18 Å². The predicted molar refractivity (Wildman–Crippen MR) is 158 cm³/mol. The summed E-state index contributed by atoms with van der Waals surface area (Å²) in [6, 6.07) is 18.8. The number of hydrogen-bond donors (Lipinski definition) is 0. The Hall–Kier alpha value is -4.12. The molecule has 0 fully saturated rings. The number of aromatic nitrogens is 2. The van der Waals surface area contributed by atoms with Gasteiger partial charge in [0.2, 0.25) is 10.1 Å². The molecule has 0 bridgehead atoms. The lowest BCUT2D eigenvalue weighted by atomic mass is 9.74. The Morgan fingerprint density at radius 1 is 0.810 bits per heavy atom. The van der Waals surface area contributed by atoms with Gasteiger partial charge in [0.1, 0.15) is 17.0 Å². The zero-order chi connectivity index (χ0) is 29.8. The van der Waals surface area contributed by atoms with E-state index in [2.05, 4.69) is 47.7 Å². The van der Waals surface area contributed by atoms with Crippen molar-refractivity contribution < 1.29 is 22.7 Å². The molecule has 4 aromatic rings. The van der Waals surface area contributed by atoms with Crippen molar-refractivity contribution in [3.63, 3.8) is 0 Å². The number of halogens is 3. The van der Waals surface area contributed by atoms with Crippen LogP contribution >= 0.6 is 11.3 Å². The lowest BCUT2D eigenvalue weighted by molar-refractivity contribution is -0.138. The van der Waals surface area contributed by atoms with Crippen molar-refractivity contribution in [3.8, 4) is 11.5 Å². The number of amides is 1. The fourth-order valence-electron chi connectivity index (χ4n) is 6.18. The second kappa shape index (κ2) is 10.3. The molecule has 3 heterocycles. The van der Waals surface area contributed by atoms with Gasteiger partial charge in [0.05, 0.1) is 0 Å². The van der Waals surface area contributed by atoms with E-state index in [1.165, 1.54) is 4.90 Å². The summed E-state index contributed by atoms with van der Waals surface area (Å²) < 4.78 is 47.7. The van der Waals surface area contributed by atoms with E-state index in [1.54, 1.807) is 12.1 Å². The van der Waals surface area contributed by atoms with Gasteiger partial charge in [-0.15, -0.1) is 10.2 Å². The molecule has 1 amide bonds. The van der Waals surface area contributed by atoms with Gasteiger partial charge in [-0.2, -0.15) is 13.2 Å². The van der Waals surface area contributed by atoms with E-state index in [0.717, 1.165) is 37.6 Å². The predicted octanol–water partition coefficient (Wildman–Crippen LogP) is 7.31. The minimum Gasteiger partial charge on any atom is -0.456 e. The quantitative estimate of drug-likeness (QED) is 0.224. The van der Waals surface area contributed by atoms with Crippen LogP contribution in [0.4, 0.5) is 29.7 Å². The van der Waals surface area contributed by atoms with E-state index in [0.29, 0.717) is 45.1 Å². The maximum absolute atomic E-state index is 14.2. The van der Waals surface area contributed by atoms with Crippen LogP contribution in [-0.2, 0) is 11.7 Å². The average Bonchev–Trinajstić information content (AvgIpc) is 3.57. The van der Waals surface area contributed by atoms with Crippen molar-refractivity contribution in [1.29, 1.82) is 0 Å². The molecule has 1 spiro atoms. The molecule has 11 heteroatoms. The smallest absolute Gasteiger partial charge is 0.445 e. The highest BCUT2D eigenvalue weighted by molar-refractivity contribution is 7.15. The van der Waals surface area contributed by atoms with Gasteiger partial charge in [-0.3, -0.25) is 9.69 Å². The molecule has 218 valence electrons. The molecular formula is C31H30F3N5O2S. The topological polar surface area (TPSA) is 61.8 Å². The largest absolute Gasteiger partial charge is 0.456 e. The summed E-state index contributed by atoms with van der Waals surface area (Å²) in [5.41, 5.74) is 2.87. The second-order valence-electron chi connectivity index (χ2n) is 10.1. The fourth-order valence-corrected chi connectivity index (χ4v) is 6.95. The Bertz CT molecular complexity index is 1600. The van der Waals surface area contributed by atoms with Gasteiger partial charge in [-0.25, -0.2) is 0 Å². The summed E-state index contributed by atoms with van der Waals surface area (Å²) in [6.07, 6.45) is -4.69. The Balaban J connectivity index is 1.69. The average molecular weight is 594 g/mol. The summed E-state index contributed by atoms with van der Waals surface area (Å²) in [5, 5.41) is 6.13. The Labute approximate surface area is 246 Å². The van der Waals surface area contributed by atoms with Crippen LogP contribution in [0.1, 0.15) is 59.8 Å². The maximum Gasteiger partial charge on any atom is 0.445 e. The Morgan fingerprint density at radius 3 is 1.86 bits per heavy atom. The summed E-state index contributed by atoms with van der Waals surface area (Å²) >= 11 is 0.360. The van der Waals surface area contributed by atoms with Gasteiger partial charge < -0.3 is 14.5 Å². The first-order chi connectivity index (χ1) is 20.2. The van der Waals surface area contributed by atoms with E-state index in [9.17, 15) is 18.0 Å². The van der Waals surface area contributed by atoms with Crippen LogP contribution in [-0.4, -0.2) is 42.3 Å². The molecule has 0 aliphatic carbocycles. The van der Waals surface area contributed by atoms with Gasteiger partial charge in [0, 0.05) is 71.9 Å². The molecule has 42 heavy (non-hydrogen) atoms. The molecule has 2 aliphatic rings. The Kier molecular flexibility index (Phi) is 6.87. The van der Waals surface area contributed by atoms with E-state index in [-0.39, 0.29) is 5.13 Å². The molecule has 0 unspecified atom stereocenters. The third-order valence-corrected chi connectivity index (χ3v) is 9.07. The van der Waals surface area contributed by atoms with Crippen LogP contribution in [0.3, 0.4) is 0 Å². The minimum atomic E-state index is -4.69. The lowest BCUT2D eigenvalue weighted by Crippen LogP contribution is -2.47. The SMILES string of the molecule is CCN(CC)c1ccc2c(c1)Oc1cc(N(CC)CC)ccc1C21c2ccccc2C(=O)N1c1nnc(C(F)(F)F)s1. The van der Waals surface area contributed by atoms with Gasteiger partial charge in [0.15, 0.2) is 0 Å². The highest BCUT2D eigenvalue weighted by atomic mass is 32.1. The molecule has 0 atom stereocenters. The molecule has 0 saturated carbocycles. The second-order valence-corrected chi connectivity index (χ2v) is 11.0. The number of carbonyl (C=O) groups is 1. The molecule has 7 nitrogen and oxygen atoms in total. The minimum absolute atomic E-state index is 0.136. The number of anilines is 3. The lowest BCUT2D eigenvalue weighted by Gasteiger charge is -2.43. The number of hydrogen-bond acceptors (Lipinski definition) is 7. The number of ether oxygens (including phenoxy) is 1. The number of carbonyl (C=O) groups excluding carboxylic acids is 1. The number of rotatable bonds is 7. The van der Waals surface area contributed by atoms with Crippen molar-refractivity contribution >= 4 is 33.8 Å². The third kappa shape index (κ3) is 4.05. The molecule has 0 saturated heterocycles. The molecule has 0 radical (unpaired) electrons. The standard InChI is InChI=1S/C31H30F3N5O2S/c1-5-37(6-2)19-13-15-23-25(17-19)41-26-18-20(38(7-3)8-4)14-16-24(26)30(23)22-12-10-9-11-21(22)27(40)39(30)29-36-35-28(42-29)31(32,33)34/h9-18H,5-8H2,1-4H3. The molecular weight excluding hydrogens is 563 g/mol. The number of benzene rings is 3. The van der Waals surface area contributed by atoms with E-state index in [1.807, 2.05) is 48.5 Å². The van der Waals surface area contributed by atoms with Crippen LogP contribution in [0.25, 0.3) is 0 Å². The first-order valence-electron chi connectivity index (χ1n) is 14.0. The molecule has 0 N–H and O–H groups in total. The first kappa shape index (κ1) is 28.0. The summed E-state index contributed by atoms with van der Waals surface area (Å²) in [6.45, 7) is 11.4. The number of alkyl halides is 3. The van der Waals surface area contributed by atoms with Crippen LogP contribution < -0.4 is 19.4 Å². The zero-order valence-electron chi connectivity index (χ0n) is 23.7. The van der Waals surface area contributed by atoms with E-state index >= 15 is 0 Å². The van der Waals surface area contributed by atoms with Gasteiger partial charge in [-0.05, 0) is 45.9 Å². The molecule has 3 aromatic carbocycles. The van der Waals surface area contributed by atoms with Crippen molar-refractivity contribution in [2.45, 2.75) is 39.4 Å². The first-order valence-corrected chi connectivity index (χ1v) is 14.8. The van der Waals surface area contributed by atoms with E-state index in [4.69, 9.17) is 4.74 Å². The van der Waals surface area contributed by atoms with Crippen molar-refractivity contribution in [2.24, 2.45) is 0 Å². The molecule has 1 aromatic heterocycles. The monoisotopic (exact) mass is 593 g/mol. The summed E-state index contributed by atoms with van der Waals surface area (Å²) in [4.78, 5) is 20.0.